The summed E-state index contributed by atoms with van der Waals surface area (Å²) in [5.41, 5.74) is 7.59. The number of para-hydroxylation sites is 2. The van der Waals surface area contributed by atoms with E-state index in [0.717, 1.165) is 16.0 Å². The van der Waals surface area contributed by atoms with Crippen LogP contribution in [0.4, 0.5) is 0 Å². The van der Waals surface area contributed by atoms with Crippen molar-refractivity contribution >= 4 is 40.3 Å². The molecule has 5 nitrogen and oxygen atoms in total. The van der Waals surface area contributed by atoms with Gasteiger partial charge in [0.1, 0.15) is 5.52 Å². The summed E-state index contributed by atoms with van der Waals surface area (Å²) in [5, 5.41) is 12.6. The van der Waals surface area contributed by atoms with Crippen LogP contribution in [0.15, 0.2) is 62.2 Å². The highest BCUT2D eigenvalue weighted by Gasteiger charge is 2.11. The van der Waals surface area contributed by atoms with Gasteiger partial charge in [0.2, 0.25) is 0 Å². The van der Waals surface area contributed by atoms with Crippen LogP contribution >= 0.6 is 23.4 Å². The Kier molecular flexibility index (Phi) is 3.72. The average Bonchev–Trinajstić information content (AvgIpc) is 2.90. The zero-order valence-electron chi connectivity index (χ0n) is 10.7. The van der Waals surface area contributed by atoms with E-state index in [1.54, 1.807) is 18.2 Å². The Bertz CT molecular complexity index is 799. The highest BCUT2D eigenvalue weighted by atomic mass is 35.5. The largest absolute Gasteiger partial charge is 0.431 e. The van der Waals surface area contributed by atoms with Crippen molar-refractivity contribution in [3.63, 3.8) is 0 Å². The number of halogens is 1. The summed E-state index contributed by atoms with van der Waals surface area (Å²) >= 11 is 7.51. The number of hydrogen-bond donors (Lipinski definition) is 2. The maximum absolute atomic E-state index is 8.65. The Labute approximate surface area is 129 Å². The number of rotatable bonds is 3. The fourth-order valence-electron chi connectivity index (χ4n) is 1.79. The van der Waals surface area contributed by atoms with Gasteiger partial charge in [-0.25, -0.2) is 4.98 Å². The first-order valence-electron chi connectivity index (χ1n) is 5.98. The zero-order chi connectivity index (χ0) is 14.8. The summed E-state index contributed by atoms with van der Waals surface area (Å²) in [6.07, 6.45) is 0. The van der Waals surface area contributed by atoms with Crippen molar-refractivity contribution in [2.45, 2.75) is 10.1 Å². The van der Waals surface area contributed by atoms with Gasteiger partial charge in [-0.05, 0) is 42.1 Å². The molecule has 1 heterocycles. The molecule has 2 aromatic carbocycles. The number of oxazole rings is 1. The Morgan fingerprint density at radius 1 is 1.29 bits per heavy atom. The first-order valence-corrected chi connectivity index (χ1v) is 7.17. The minimum absolute atomic E-state index is 0.00955. The maximum atomic E-state index is 8.65. The SMILES string of the molecule is NC(=NO)c1ccc(Sc2nc3ccccc3o2)c(Cl)c1. The van der Waals surface area contributed by atoms with Crippen LogP contribution in [0, 0.1) is 0 Å². The van der Waals surface area contributed by atoms with E-state index >= 15 is 0 Å². The van der Waals surface area contributed by atoms with Gasteiger partial charge in [-0.3, -0.25) is 0 Å². The Morgan fingerprint density at radius 2 is 2.10 bits per heavy atom. The molecule has 0 aliphatic heterocycles. The lowest BCUT2D eigenvalue weighted by Crippen LogP contribution is -2.12. The molecule has 0 aliphatic rings. The minimum Gasteiger partial charge on any atom is -0.431 e. The minimum atomic E-state index is 0.00955. The molecule has 0 aliphatic carbocycles. The Balaban J connectivity index is 1.91. The quantitative estimate of drug-likeness (QED) is 0.332. The molecule has 106 valence electrons. The summed E-state index contributed by atoms with van der Waals surface area (Å²) in [6.45, 7) is 0. The van der Waals surface area contributed by atoms with E-state index in [9.17, 15) is 0 Å². The Morgan fingerprint density at radius 3 is 2.81 bits per heavy atom. The molecule has 21 heavy (non-hydrogen) atoms. The van der Waals surface area contributed by atoms with Crippen LogP contribution in [-0.4, -0.2) is 16.0 Å². The van der Waals surface area contributed by atoms with Crippen LogP contribution in [0.1, 0.15) is 5.56 Å². The lowest BCUT2D eigenvalue weighted by atomic mass is 10.2. The molecule has 3 aromatic rings. The molecule has 0 atom stereocenters. The van der Waals surface area contributed by atoms with E-state index < -0.39 is 0 Å². The third-order valence-corrected chi connectivity index (χ3v) is 4.16. The smallest absolute Gasteiger partial charge is 0.261 e. The van der Waals surface area contributed by atoms with Gasteiger partial charge in [-0.15, -0.1) is 0 Å². The molecule has 0 radical (unpaired) electrons. The molecule has 1 aromatic heterocycles. The molecule has 0 saturated carbocycles. The number of nitrogens with two attached hydrogens (primary N) is 1. The van der Waals surface area contributed by atoms with E-state index in [2.05, 4.69) is 10.1 Å². The topological polar surface area (TPSA) is 84.6 Å². The molecule has 3 rings (SSSR count). The molecule has 0 saturated heterocycles. The molecule has 3 N–H and O–H groups in total. The van der Waals surface area contributed by atoms with E-state index in [-0.39, 0.29) is 5.84 Å². The number of hydrogen-bond acceptors (Lipinski definition) is 5. The first-order chi connectivity index (χ1) is 10.2. The highest BCUT2D eigenvalue weighted by molar-refractivity contribution is 7.99. The van der Waals surface area contributed by atoms with Gasteiger partial charge < -0.3 is 15.4 Å². The van der Waals surface area contributed by atoms with E-state index in [1.807, 2.05) is 24.3 Å². The van der Waals surface area contributed by atoms with Crippen LogP contribution in [0.25, 0.3) is 11.1 Å². The van der Waals surface area contributed by atoms with Crippen molar-refractivity contribution in [3.8, 4) is 0 Å². The van der Waals surface area contributed by atoms with E-state index in [4.69, 9.17) is 27.0 Å². The number of aromatic nitrogens is 1. The van der Waals surface area contributed by atoms with Gasteiger partial charge in [0.25, 0.3) is 5.22 Å². The van der Waals surface area contributed by atoms with Crippen molar-refractivity contribution in [2.75, 3.05) is 0 Å². The summed E-state index contributed by atoms with van der Waals surface area (Å²) in [6, 6.07) is 12.6. The van der Waals surface area contributed by atoms with Gasteiger partial charge in [-0.2, -0.15) is 0 Å². The summed E-state index contributed by atoms with van der Waals surface area (Å²) in [7, 11) is 0. The van der Waals surface area contributed by atoms with Crippen molar-refractivity contribution in [1.29, 1.82) is 0 Å². The van der Waals surface area contributed by atoms with Crippen LogP contribution in [0.3, 0.4) is 0 Å². The fraction of sp³-hybridized carbons (Fsp3) is 0. The van der Waals surface area contributed by atoms with Crippen LogP contribution in [0.2, 0.25) is 5.02 Å². The van der Waals surface area contributed by atoms with Crippen molar-refractivity contribution < 1.29 is 9.62 Å². The lowest BCUT2D eigenvalue weighted by Gasteiger charge is -2.03. The zero-order valence-corrected chi connectivity index (χ0v) is 12.2. The van der Waals surface area contributed by atoms with Gasteiger partial charge in [0.15, 0.2) is 11.4 Å². The third-order valence-electron chi connectivity index (χ3n) is 2.81. The predicted octanol–water partition coefficient (Wildman–Crippen LogP) is 3.73. The van der Waals surface area contributed by atoms with Gasteiger partial charge >= 0.3 is 0 Å². The fourth-order valence-corrected chi connectivity index (χ4v) is 2.84. The maximum Gasteiger partial charge on any atom is 0.261 e. The van der Waals surface area contributed by atoms with Crippen molar-refractivity contribution in [2.24, 2.45) is 10.9 Å². The van der Waals surface area contributed by atoms with Gasteiger partial charge in [-0.1, -0.05) is 28.9 Å². The summed E-state index contributed by atoms with van der Waals surface area (Å²) in [4.78, 5) is 5.15. The van der Waals surface area contributed by atoms with E-state index in [0.29, 0.717) is 15.8 Å². The summed E-state index contributed by atoms with van der Waals surface area (Å²) < 4.78 is 5.63. The molecule has 0 bridgehead atoms. The molecule has 0 fully saturated rings. The average molecular weight is 320 g/mol. The molecular weight excluding hydrogens is 310 g/mol. The van der Waals surface area contributed by atoms with Crippen molar-refractivity contribution in [1.82, 2.24) is 4.98 Å². The van der Waals surface area contributed by atoms with Crippen LogP contribution < -0.4 is 5.73 Å². The van der Waals surface area contributed by atoms with Gasteiger partial charge in [0.05, 0.1) is 5.02 Å². The molecule has 7 heteroatoms. The second kappa shape index (κ2) is 5.67. The lowest BCUT2D eigenvalue weighted by molar-refractivity contribution is 0.318. The molecule has 0 spiro atoms. The van der Waals surface area contributed by atoms with Crippen LogP contribution in [0.5, 0.6) is 0 Å². The van der Waals surface area contributed by atoms with Gasteiger partial charge in [0, 0.05) is 10.5 Å². The number of benzene rings is 2. The van der Waals surface area contributed by atoms with Crippen LogP contribution in [-0.2, 0) is 0 Å². The number of oxime groups is 1. The summed E-state index contributed by atoms with van der Waals surface area (Å²) in [5.74, 6) is 0.00955. The number of fused-ring (bicyclic) bond motifs is 1. The Hall–Kier alpha value is -2.18. The second-order valence-corrected chi connectivity index (χ2v) is 5.58. The number of nitrogens with zero attached hydrogens (tertiary/aromatic N) is 2. The van der Waals surface area contributed by atoms with Crippen molar-refractivity contribution in [3.05, 3.63) is 53.1 Å². The second-order valence-electron chi connectivity index (χ2n) is 4.18. The third kappa shape index (κ3) is 2.81. The van der Waals surface area contributed by atoms with E-state index in [1.165, 1.54) is 11.8 Å². The molecular formula is C14H10ClN3O2S. The monoisotopic (exact) mass is 319 g/mol. The molecule has 0 unspecified atom stereocenters. The first kappa shape index (κ1) is 13.8. The standard InChI is InChI=1S/C14H10ClN3O2S/c15-9-7-8(13(16)18-19)5-6-12(9)21-14-17-10-3-1-2-4-11(10)20-14/h1-7,19H,(H2,16,18). The highest BCUT2D eigenvalue weighted by Crippen LogP contribution is 2.34. The predicted molar refractivity (Wildman–Crippen MR) is 82.1 cm³/mol. The molecule has 0 amide bonds. The number of amidine groups is 1. The normalized spacial score (nSPS) is 12.0.